The fraction of sp³-hybridized carbons (Fsp3) is 0.480. The Bertz CT molecular complexity index is 1150. The monoisotopic (exact) mass is 548 g/mol. The zero-order valence-corrected chi connectivity index (χ0v) is 22.3. The summed E-state index contributed by atoms with van der Waals surface area (Å²) in [4.78, 5) is 65.3. The lowest BCUT2D eigenvalue weighted by molar-refractivity contribution is -0.144. The first-order valence-corrected chi connectivity index (χ1v) is 12.9. The number of para-hydroxylation sites is 1. The van der Waals surface area contributed by atoms with E-state index in [1.165, 1.54) is 0 Å². The number of H-pyrrole nitrogens is 1. The molecular formula is C25H36N6O6S. The minimum Gasteiger partial charge on any atom is -0.480 e. The third-order valence-electron chi connectivity index (χ3n) is 6.35. The molecule has 4 amide bonds. The number of aliphatic carboxylic acids is 1. The van der Waals surface area contributed by atoms with Crippen LogP contribution in [0.2, 0.25) is 0 Å². The first-order chi connectivity index (χ1) is 18.0. The van der Waals surface area contributed by atoms with Gasteiger partial charge in [-0.25, -0.2) is 4.79 Å². The zero-order chi connectivity index (χ0) is 28.4. The summed E-state index contributed by atoms with van der Waals surface area (Å²) in [5, 5.41) is 18.0. The number of amides is 4. The van der Waals surface area contributed by atoms with Crippen molar-refractivity contribution in [3.63, 3.8) is 0 Å². The molecule has 0 aliphatic heterocycles. The molecule has 5 atom stereocenters. The summed E-state index contributed by atoms with van der Waals surface area (Å²) < 4.78 is 0. The van der Waals surface area contributed by atoms with Gasteiger partial charge in [-0.05, 0) is 24.0 Å². The number of carbonyl (C=O) groups excluding carboxylic acids is 4. The minimum absolute atomic E-state index is 0.0447. The standard InChI is InChI=1S/C25H36N6O6S/c1-3-13(2)21(25(36)37)31-23(34)18(8-9-20(27)32)29-24(35)19(30-22(33)16(26)12-38)10-14-11-28-17-7-5-4-6-15(14)17/h4-7,11,13,16,18-19,21,28,38H,3,8-10,12,26H2,1-2H3,(H2,27,32)(H,29,35)(H,30,33)(H,31,34)(H,36,37). The van der Waals surface area contributed by atoms with E-state index in [1.807, 2.05) is 24.3 Å². The Labute approximate surface area is 226 Å². The van der Waals surface area contributed by atoms with Gasteiger partial charge in [0.05, 0.1) is 6.04 Å². The van der Waals surface area contributed by atoms with E-state index in [-0.39, 0.29) is 30.9 Å². The van der Waals surface area contributed by atoms with Crippen LogP contribution in [0, 0.1) is 5.92 Å². The molecule has 0 radical (unpaired) electrons. The molecule has 12 nitrogen and oxygen atoms in total. The summed E-state index contributed by atoms with van der Waals surface area (Å²) in [6.07, 6.45) is 1.87. The lowest BCUT2D eigenvalue weighted by atomic mass is 9.98. The van der Waals surface area contributed by atoms with E-state index in [1.54, 1.807) is 20.0 Å². The minimum atomic E-state index is -1.28. The number of rotatable bonds is 15. The largest absolute Gasteiger partial charge is 0.480 e. The number of primary amides is 1. The van der Waals surface area contributed by atoms with Gasteiger partial charge in [0.2, 0.25) is 23.6 Å². The van der Waals surface area contributed by atoms with Crippen molar-refractivity contribution in [1.82, 2.24) is 20.9 Å². The molecule has 5 unspecified atom stereocenters. The van der Waals surface area contributed by atoms with Crippen LogP contribution in [0.25, 0.3) is 10.9 Å². The Morgan fingerprint density at radius 2 is 1.66 bits per heavy atom. The van der Waals surface area contributed by atoms with E-state index in [2.05, 4.69) is 33.6 Å². The van der Waals surface area contributed by atoms with E-state index in [0.29, 0.717) is 6.42 Å². The second-order valence-corrected chi connectivity index (χ2v) is 9.56. The van der Waals surface area contributed by atoms with Crippen molar-refractivity contribution in [2.45, 2.75) is 63.7 Å². The Kier molecular flexibility index (Phi) is 11.6. The number of carboxylic acid groups (broad SMARTS) is 1. The summed E-state index contributed by atoms with van der Waals surface area (Å²) in [6, 6.07) is 2.83. The summed E-state index contributed by atoms with van der Waals surface area (Å²) in [7, 11) is 0. The SMILES string of the molecule is CCC(C)C(NC(=O)C(CCC(N)=O)NC(=O)C(Cc1c[nH]c2ccccc12)NC(=O)C(N)CS)C(=O)O. The molecule has 0 spiro atoms. The Hall–Kier alpha value is -3.58. The van der Waals surface area contributed by atoms with Crippen molar-refractivity contribution in [3.05, 3.63) is 36.0 Å². The number of nitrogens with two attached hydrogens (primary N) is 2. The van der Waals surface area contributed by atoms with Crippen LogP contribution in [0.5, 0.6) is 0 Å². The molecule has 0 aliphatic carbocycles. The average molecular weight is 549 g/mol. The highest BCUT2D eigenvalue weighted by Crippen LogP contribution is 2.19. The van der Waals surface area contributed by atoms with E-state index < -0.39 is 53.8 Å². The van der Waals surface area contributed by atoms with Crippen molar-refractivity contribution >= 4 is 53.1 Å². The van der Waals surface area contributed by atoms with Gasteiger partial charge in [-0.2, -0.15) is 12.6 Å². The Balaban J connectivity index is 2.31. The van der Waals surface area contributed by atoms with Crippen LogP contribution in [-0.2, 0) is 30.4 Å². The van der Waals surface area contributed by atoms with Crippen LogP contribution in [0.1, 0.15) is 38.7 Å². The second kappa shape index (κ2) is 14.4. The van der Waals surface area contributed by atoms with Crippen LogP contribution >= 0.6 is 12.6 Å². The predicted molar refractivity (Wildman–Crippen MR) is 145 cm³/mol. The fourth-order valence-corrected chi connectivity index (χ4v) is 4.02. The molecule has 9 N–H and O–H groups in total. The highest BCUT2D eigenvalue weighted by atomic mass is 32.1. The van der Waals surface area contributed by atoms with E-state index in [0.717, 1.165) is 16.5 Å². The van der Waals surface area contributed by atoms with Crippen molar-refractivity contribution in [2.75, 3.05) is 5.75 Å². The molecule has 208 valence electrons. The van der Waals surface area contributed by atoms with Gasteiger partial charge >= 0.3 is 5.97 Å². The first kappa shape index (κ1) is 30.6. The molecule has 1 aromatic carbocycles. The highest BCUT2D eigenvalue weighted by molar-refractivity contribution is 7.80. The van der Waals surface area contributed by atoms with Crippen molar-refractivity contribution < 1.29 is 29.1 Å². The van der Waals surface area contributed by atoms with Gasteiger partial charge < -0.3 is 37.5 Å². The number of thiol groups is 1. The first-order valence-electron chi connectivity index (χ1n) is 12.3. The van der Waals surface area contributed by atoms with Crippen LogP contribution < -0.4 is 27.4 Å². The normalized spacial score (nSPS) is 15.1. The fourth-order valence-electron chi connectivity index (χ4n) is 3.86. The van der Waals surface area contributed by atoms with Gasteiger partial charge in [-0.3, -0.25) is 19.2 Å². The Morgan fingerprint density at radius 3 is 2.26 bits per heavy atom. The zero-order valence-electron chi connectivity index (χ0n) is 21.4. The maximum absolute atomic E-state index is 13.4. The second-order valence-electron chi connectivity index (χ2n) is 9.19. The van der Waals surface area contributed by atoms with Crippen molar-refractivity contribution in [1.29, 1.82) is 0 Å². The summed E-state index contributed by atoms with van der Waals surface area (Å²) in [5.74, 6) is -4.37. The number of carboxylic acids is 1. The van der Waals surface area contributed by atoms with Crippen molar-refractivity contribution in [2.24, 2.45) is 17.4 Å². The maximum atomic E-state index is 13.4. The number of nitrogens with one attached hydrogen (secondary N) is 4. The third kappa shape index (κ3) is 8.48. The maximum Gasteiger partial charge on any atom is 0.326 e. The molecule has 0 aliphatic rings. The van der Waals surface area contributed by atoms with E-state index in [9.17, 15) is 29.1 Å². The Morgan fingerprint density at radius 1 is 1.03 bits per heavy atom. The molecule has 2 rings (SSSR count). The lowest BCUT2D eigenvalue weighted by Gasteiger charge is -2.26. The van der Waals surface area contributed by atoms with E-state index >= 15 is 0 Å². The molecule has 2 aromatic rings. The number of benzene rings is 1. The van der Waals surface area contributed by atoms with Gasteiger partial charge in [0.1, 0.15) is 18.1 Å². The summed E-state index contributed by atoms with van der Waals surface area (Å²) in [5.41, 5.74) is 12.6. The molecule has 0 bridgehead atoms. The average Bonchev–Trinajstić information content (AvgIpc) is 3.30. The predicted octanol–water partition coefficient (Wildman–Crippen LogP) is -0.182. The molecule has 13 heteroatoms. The molecule has 1 aromatic heterocycles. The van der Waals surface area contributed by atoms with Crippen LogP contribution in [0.4, 0.5) is 0 Å². The van der Waals surface area contributed by atoms with Gasteiger partial charge in [0.15, 0.2) is 0 Å². The summed E-state index contributed by atoms with van der Waals surface area (Å²) in [6.45, 7) is 3.46. The topological polar surface area (TPSA) is 209 Å². The number of hydrogen-bond acceptors (Lipinski definition) is 7. The number of aromatic nitrogens is 1. The van der Waals surface area contributed by atoms with Crippen molar-refractivity contribution in [3.8, 4) is 0 Å². The van der Waals surface area contributed by atoms with Crippen LogP contribution in [0.15, 0.2) is 30.5 Å². The molecular weight excluding hydrogens is 512 g/mol. The highest BCUT2D eigenvalue weighted by Gasteiger charge is 2.32. The van der Waals surface area contributed by atoms with Gasteiger partial charge in [0.25, 0.3) is 0 Å². The molecule has 0 fully saturated rings. The number of hydrogen-bond donors (Lipinski definition) is 8. The van der Waals surface area contributed by atoms with Crippen LogP contribution in [0.3, 0.4) is 0 Å². The molecule has 0 saturated carbocycles. The van der Waals surface area contributed by atoms with E-state index in [4.69, 9.17) is 11.5 Å². The lowest BCUT2D eigenvalue weighted by Crippen LogP contribution is -2.58. The van der Waals surface area contributed by atoms with Gasteiger partial charge in [0, 0.05) is 35.7 Å². The van der Waals surface area contributed by atoms with Gasteiger partial charge in [-0.1, -0.05) is 38.5 Å². The molecule has 38 heavy (non-hydrogen) atoms. The number of carbonyl (C=O) groups is 5. The van der Waals surface area contributed by atoms with Crippen LogP contribution in [-0.4, -0.2) is 69.6 Å². The molecule has 1 heterocycles. The number of fused-ring (bicyclic) bond motifs is 1. The van der Waals surface area contributed by atoms with Gasteiger partial charge in [-0.15, -0.1) is 0 Å². The number of aromatic amines is 1. The summed E-state index contributed by atoms with van der Waals surface area (Å²) >= 11 is 4.03. The molecule has 0 saturated heterocycles. The quantitative estimate of drug-likeness (QED) is 0.141. The third-order valence-corrected chi connectivity index (χ3v) is 6.75. The smallest absolute Gasteiger partial charge is 0.326 e.